The van der Waals surface area contributed by atoms with E-state index in [9.17, 15) is 4.79 Å². The fourth-order valence-corrected chi connectivity index (χ4v) is 1.69. The molecule has 11 heavy (non-hydrogen) atoms. The van der Waals surface area contributed by atoms with Crippen molar-refractivity contribution in [2.24, 2.45) is 0 Å². The number of carbonyl (C=O) groups is 1. The first-order valence-corrected chi connectivity index (χ1v) is 4.88. The molecule has 0 amide bonds. The molecule has 0 aromatic heterocycles. The fraction of sp³-hybridized carbons (Fsp3) is 0.800. The average Bonchev–Trinajstić information content (AvgIpc) is 2.08. The van der Waals surface area contributed by atoms with Crippen molar-refractivity contribution < 1.29 is 22.8 Å². The molecule has 66 valence electrons. The molecule has 0 spiro atoms. The number of rotatable bonds is 6. The molecule has 0 aromatic rings. The van der Waals surface area contributed by atoms with Crippen molar-refractivity contribution in [1.29, 1.82) is 0 Å². The van der Waals surface area contributed by atoms with E-state index in [0.29, 0.717) is 6.47 Å². The van der Waals surface area contributed by atoms with E-state index in [-0.39, 0.29) is 6.23 Å². The van der Waals surface area contributed by atoms with E-state index in [2.05, 4.69) is 4.74 Å². The first-order chi connectivity index (χ1) is 5.24. The Morgan fingerprint density at radius 3 is 1.91 bits per heavy atom. The average molecular weight is 180 g/mol. The second-order valence-corrected chi connectivity index (χ2v) is 4.58. The largest absolute Gasteiger partial charge is 0.539 e. The molecular formula is C5H12O5Si. The number of carbonyl (C=O) groups excluding carboxylic acids is 1. The third-order valence-electron chi connectivity index (χ3n) is 1.26. The third-order valence-corrected chi connectivity index (χ3v) is 3.65. The highest BCUT2D eigenvalue weighted by atomic mass is 28.4. The standard InChI is InChI=1S/C5H12O5Si/c1-7-11(8-2,9-3)5-10-4-6/h4H,5H2,1-3H3. The molecular weight excluding hydrogens is 168 g/mol. The highest BCUT2D eigenvalue weighted by Gasteiger charge is 2.39. The predicted octanol–water partition coefficient (Wildman–Crippen LogP) is -0.423. The molecule has 0 bridgehead atoms. The summed E-state index contributed by atoms with van der Waals surface area (Å²) in [6, 6.07) is 0. The molecule has 0 atom stereocenters. The Morgan fingerprint density at radius 1 is 1.18 bits per heavy atom. The van der Waals surface area contributed by atoms with Crippen LogP contribution in [0.15, 0.2) is 0 Å². The Bertz CT molecular complexity index is 105. The Labute approximate surface area is 66.6 Å². The smallest absolute Gasteiger partial charge is 0.463 e. The van der Waals surface area contributed by atoms with Gasteiger partial charge in [-0.15, -0.1) is 0 Å². The lowest BCUT2D eigenvalue weighted by atomic mass is 11.5. The van der Waals surface area contributed by atoms with Crippen molar-refractivity contribution in [2.45, 2.75) is 0 Å². The molecule has 0 aliphatic carbocycles. The van der Waals surface area contributed by atoms with Crippen molar-refractivity contribution in [3.05, 3.63) is 0 Å². The van der Waals surface area contributed by atoms with Crippen LogP contribution in [0.5, 0.6) is 0 Å². The molecule has 0 saturated heterocycles. The zero-order valence-corrected chi connectivity index (χ0v) is 7.83. The first kappa shape index (κ1) is 10.6. The number of hydrogen-bond donors (Lipinski definition) is 0. The highest BCUT2D eigenvalue weighted by Crippen LogP contribution is 2.04. The quantitative estimate of drug-likeness (QED) is 0.410. The van der Waals surface area contributed by atoms with E-state index in [1.807, 2.05) is 0 Å². The summed E-state index contributed by atoms with van der Waals surface area (Å²) in [6.07, 6.45) is 0.0417. The van der Waals surface area contributed by atoms with E-state index in [1.54, 1.807) is 0 Å². The topological polar surface area (TPSA) is 54.0 Å². The van der Waals surface area contributed by atoms with Crippen molar-refractivity contribution in [2.75, 3.05) is 27.6 Å². The Balaban J connectivity index is 3.93. The molecule has 0 N–H and O–H groups in total. The molecule has 0 fully saturated rings. The zero-order chi connectivity index (χ0) is 8.74. The molecule has 0 heterocycles. The summed E-state index contributed by atoms with van der Waals surface area (Å²) in [5, 5.41) is 0. The monoisotopic (exact) mass is 180 g/mol. The lowest BCUT2D eigenvalue weighted by Crippen LogP contribution is -2.48. The minimum atomic E-state index is -2.69. The van der Waals surface area contributed by atoms with Gasteiger partial charge in [0, 0.05) is 21.3 Å². The van der Waals surface area contributed by atoms with Gasteiger partial charge in [0.2, 0.25) is 0 Å². The van der Waals surface area contributed by atoms with Crippen molar-refractivity contribution in [3.63, 3.8) is 0 Å². The van der Waals surface area contributed by atoms with Crippen LogP contribution in [0.2, 0.25) is 0 Å². The Kier molecular flexibility index (Phi) is 5.04. The van der Waals surface area contributed by atoms with Crippen molar-refractivity contribution >= 4 is 15.3 Å². The second-order valence-electron chi connectivity index (χ2n) is 1.70. The van der Waals surface area contributed by atoms with Crippen LogP contribution < -0.4 is 0 Å². The summed E-state index contributed by atoms with van der Waals surface area (Å²) in [7, 11) is 1.66. The van der Waals surface area contributed by atoms with Crippen molar-refractivity contribution in [3.8, 4) is 0 Å². The number of hydrogen-bond acceptors (Lipinski definition) is 5. The summed E-state index contributed by atoms with van der Waals surface area (Å²) in [5.41, 5.74) is 0. The molecule has 5 nitrogen and oxygen atoms in total. The van der Waals surface area contributed by atoms with Crippen LogP contribution in [-0.2, 0) is 22.8 Å². The van der Waals surface area contributed by atoms with Gasteiger partial charge in [0.15, 0.2) is 6.23 Å². The SMILES string of the molecule is CO[Si](COC=O)(OC)OC. The molecule has 0 aliphatic rings. The van der Waals surface area contributed by atoms with E-state index < -0.39 is 8.80 Å². The molecule has 0 rings (SSSR count). The first-order valence-electron chi connectivity index (χ1n) is 2.95. The second kappa shape index (κ2) is 5.25. The zero-order valence-electron chi connectivity index (χ0n) is 6.83. The van der Waals surface area contributed by atoms with Gasteiger partial charge in [0.05, 0.1) is 0 Å². The van der Waals surface area contributed by atoms with E-state index in [1.165, 1.54) is 21.3 Å². The molecule has 0 unspecified atom stereocenters. The van der Waals surface area contributed by atoms with Gasteiger partial charge in [0.25, 0.3) is 6.47 Å². The fourth-order valence-electron chi connectivity index (χ4n) is 0.563. The number of ether oxygens (including phenoxy) is 1. The van der Waals surface area contributed by atoms with Gasteiger partial charge in [-0.3, -0.25) is 4.79 Å². The molecule has 6 heteroatoms. The lowest BCUT2D eigenvalue weighted by Gasteiger charge is -2.22. The van der Waals surface area contributed by atoms with Crippen LogP contribution >= 0.6 is 0 Å². The third kappa shape index (κ3) is 2.98. The van der Waals surface area contributed by atoms with Gasteiger partial charge >= 0.3 is 8.80 Å². The molecule has 0 aromatic carbocycles. The van der Waals surface area contributed by atoms with Crippen LogP contribution in [0.4, 0.5) is 0 Å². The maximum atomic E-state index is 9.83. The van der Waals surface area contributed by atoms with Gasteiger partial charge in [0.1, 0.15) is 0 Å². The van der Waals surface area contributed by atoms with Crippen LogP contribution in [0.25, 0.3) is 0 Å². The van der Waals surface area contributed by atoms with Crippen LogP contribution in [0.1, 0.15) is 0 Å². The van der Waals surface area contributed by atoms with E-state index in [4.69, 9.17) is 13.3 Å². The summed E-state index contributed by atoms with van der Waals surface area (Å²) in [4.78, 5) is 9.83. The van der Waals surface area contributed by atoms with Gasteiger partial charge < -0.3 is 18.0 Å². The minimum absolute atomic E-state index is 0.0417. The predicted molar refractivity (Wildman–Crippen MR) is 38.8 cm³/mol. The highest BCUT2D eigenvalue weighted by molar-refractivity contribution is 6.60. The molecule has 0 aliphatic heterocycles. The summed E-state index contributed by atoms with van der Waals surface area (Å²) >= 11 is 0. The normalized spacial score (nSPS) is 11.2. The summed E-state index contributed by atoms with van der Waals surface area (Å²) < 4.78 is 19.3. The minimum Gasteiger partial charge on any atom is -0.463 e. The lowest BCUT2D eigenvalue weighted by molar-refractivity contribution is -0.128. The van der Waals surface area contributed by atoms with Crippen LogP contribution in [-0.4, -0.2) is 42.8 Å². The van der Waals surface area contributed by atoms with Gasteiger partial charge in [-0.2, -0.15) is 0 Å². The van der Waals surface area contributed by atoms with E-state index in [0.717, 1.165) is 0 Å². The van der Waals surface area contributed by atoms with Gasteiger partial charge in [-0.05, 0) is 0 Å². The van der Waals surface area contributed by atoms with Crippen LogP contribution in [0.3, 0.4) is 0 Å². The summed E-state index contributed by atoms with van der Waals surface area (Å²) in [6.45, 7) is 0.332. The Hall–Kier alpha value is -0.433. The van der Waals surface area contributed by atoms with Crippen molar-refractivity contribution in [1.82, 2.24) is 0 Å². The molecule has 0 radical (unpaired) electrons. The molecule has 0 saturated carbocycles. The van der Waals surface area contributed by atoms with Gasteiger partial charge in [-0.25, -0.2) is 0 Å². The van der Waals surface area contributed by atoms with E-state index >= 15 is 0 Å². The summed E-state index contributed by atoms with van der Waals surface area (Å²) in [5.74, 6) is 0. The van der Waals surface area contributed by atoms with Crippen LogP contribution in [0, 0.1) is 0 Å². The maximum Gasteiger partial charge on any atom is 0.539 e. The Morgan fingerprint density at radius 2 is 1.64 bits per heavy atom. The maximum absolute atomic E-state index is 9.83. The van der Waals surface area contributed by atoms with Gasteiger partial charge in [-0.1, -0.05) is 0 Å².